The minimum Gasteiger partial charge on any atom is -0.313 e. The highest BCUT2D eigenvalue weighted by Crippen LogP contribution is 2.45. The van der Waals surface area contributed by atoms with Crippen molar-refractivity contribution < 1.29 is 0 Å². The molecular formula is C18H25N. The van der Waals surface area contributed by atoms with Gasteiger partial charge in [-0.15, -0.1) is 0 Å². The molecule has 0 radical (unpaired) electrons. The predicted molar refractivity (Wildman–Crippen MR) is 79.2 cm³/mol. The summed E-state index contributed by atoms with van der Waals surface area (Å²) in [6.45, 7) is 3.69. The highest BCUT2D eigenvalue weighted by molar-refractivity contribution is 5.30. The lowest BCUT2D eigenvalue weighted by Crippen LogP contribution is -2.40. The molecule has 2 saturated carbocycles. The van der Waals surface area contributed by atoms with E-state index in [2.05, 4.69) is 36.5 Å². The van der Waals surface area contributed by atoms with E-state index >= 15 is 0 Å². The van der Waals surface area contributed by atoms with Crippen LogP contribution in [-0.2, 0) is 12.8 Å². The Hall–Kier alpha value is -0.820. The van der Waals surface area contributed by atoms with E-state index in [4.69, 9.17) is 0 Å². The van der Waals surface area contributed by atoms with Gasteiger partial charge in [0.1, 0.15) is 0 Å². The predicted octanol–water partition coefficient (Wildman–Crippen LogP) is 3.57. The quantitative estimate of drug-likeness (QED) is 0.870. The van der Waals surface area contributed by atoms with Crippen molar-refractivity contribution in [3.8, 4) is 0 Å². The molecule has 19 heavy (non-hydrogen) atoms. The molecule has 2 bridgehead atoms. The third-order valence-corrected chi connectivity index (χ3v) is 5.87. The van der Waals surface area contributed by atoms with E-state index in [0.717, 1.165) is 17.9 Å². The molecule has 2 unspecified atom stereocenters. The first-order valence-electron chi connectivity index (χ1n) is 8.04. The highest BCUT2D eigenvalue weighted by atomic mass is 15.0. The van der Waals surface area contributed by atoms with Crippen LogP contribution in [0.4, 0.5) is 0 Å². The third kappa shape index (κ3) is 2.23. The molecule has 4 rings (SSSR count). The van der Waals surface area contributed by atoms with Gasteiger partial charge in [-0.3, -0.25) is 0 Å². The highest BCUT2D eigenvalue weighted by Gasteiger charge is 2.42. The molecule has 3 aliphatic carbocycles. The average Bonchev–Trinajstić information content (AvgIpc) is 3.04. The zero-order chi connectivity index (χ0) is 12.9. The minimum atomic E-state index is 0.637. The Balaban J connectivity index is 1.52. The molecule has 1 N–H and O–H groups in total. The van der Waals surface area contributed by atoms with Crippen molar-refractivity contribution in [3.63, 3.8) is 0 Å². The summed E-state index contributed by atoms with van der Waals surface area (Å²) in [7, 11) is 0. The van der Waals surface area contributed by atoms with E-state index in [9.17, 15) is 0 Å². The van der Waals surface area contributed by atoms with Crippen LogP contribution in [0, 0.1) is 17.3 Å². The van der Waals surface area contributed by atoms with Gasteiger partial charge in [0, 0.05) is 12.6 Å². The zero-order valence-electron chi connectivity index (χ0n) is 12.0. The van der Waals surface area contributed by atoms with Crippen molar-refractivity contribution in [1.82, 2.24) is 5.32 Å². The number of hydrogen-bond donors (Lipinski definition) is 1. The van der Waals surface area contributed by atoms with Gasteiger partial charge in [-0.05, 0) is 66.9 Å². The minimum absolute atomic E-state index is 0.637. The molecule has 3 aliphatic rings. The largest absolute Gasteiger partial charge is 0.313 e. The lowest BCUT2D eigenvalue weighted by atomic mass is 9.94. The topological polar surface area (TPSA) is 12.0 Å². The van der Waals surface area contributed by atoms with Crippen molar-refractivity contribution in [2.75, 3.05) is 6.54 Å². The summed E-state index contributed by atoms with van der Waals surface area (Å²) in [6, 6.07) is 9.92. The molecule has 0 aromatic heterocycles. The lowest BCUT2D eigenvalue weighted by Gasteiger charge is -2.25. The number of hydrogen-bond acceptors (Lipinski definition) is 1. The van der Waals surface area contributed by atoms with Crippen LogP contribution >= 0.6 is 0 Å². The van der Waals surface area contributed by atoms with Crippen LogP contribution in [0.1, 0.15) is 43.7 Å². The Morgan fingerprint density at radius 1 is 1.05 bits per heavy atom. The molecule has 102 valence electrons. The second-order valence-corrected chi connectivity index (χ2v) is 7.49. The molecule has 0 amide bonds. The van der Waals surface area contributed by atoms with Crippen LogP contribution in [0.5, 0.6) is 0 Å². The molecule has 1 aromatic carbocycles. The number of nitrogens with one attached hydrogen (secondary N) is 1. The summed E-state index contributed by atoms with van der Waals surface area (Å²) < 4.78 is 0. The van der Waals surface area contributed by atoms with Crippen LogP contribution in [-0.4, -0.2) is 12.6 Å². The summed E-state index contributed by atoms with van der Waals surface area (Å²) in [5.41, 5.74) is 3.89. The van der Waals surface area contributed by atoms with Gasteiger partial charge in [0.2, 0.25) is 0 Å². The van der Waals surface area contributed by atoms with E-state index in [1.54, 1.807) is 11.1 Å². The van der Waals surface area contributed by atoms with Crippen LogP contribution in [0.2, 0.25) is 0 Å². The molecule has 0 saturated heterocycles. The van der Waals surface area contributed by atoms with E-state index in [0.29, 0.717) is 5.41 Å². The third-order valence-electron chi connectivity index (χ3n) is 5.87. The van der Waals surface area contributed by atoms with Gasteiger partial charge in [0.15, 0.2) is 0 Å². The Labute approximate surface area is 116 Å². The van der Waals surface area contributed by atoms with Crippen LogP contribution in [0.25, 0.3) is 0 Å². The Bertz CT molecular complexity index is 441. The van der Waals surface area contributed by atoms with Crippen molar-refractivity contribution in [3.05, 3.63) is 35.4 Å². The van der Waals surface area contributed by atoms with E-state index in [1.807, 2.05) is 0 Å². The second-order valence-electron chi connectivity index (χ2n) is 7.49. The smallest absolute Gasteiger partial charge is 0.0130 e. The van der Waals surface area contributed by atoms with E-state index in [-0.39, 0.29) is 0 Å². The molecule has 0 heterocycles. The number of fused-ring (bicyclic) bond motifs is 3. The first-order chi connectivity index (χ1) is 9.23. The second kappa shape index (κ2) is 4.34. The molecule has 2 fully saturated rings. The maximum absolute atomic E-state index is 3.96. The number of rotatable bonds is 3. The van der Waals surface area contributed by atoms with Gasteiger partial charge in [0.25, 0.3) is 0 Å². The molecule has 1 heteroatoms. The summed E-state index contributed by atoms with van der Waals surface area (Å²) in [5.74, 6) is 1.77. The van der Waals surface area contributed by atoms with Crippen LogP contribution in [0.15, 0.2) is 24.3 Å². The monoisotopic (exact) mass is 255 g/mol. The van der Waals surface area contributed by atoms with Gasteiger partial charge in [-0.2, -0.15) is 0 Å². The Morgan fingerprint density at radius 2 is 1.63 bits per heavy atom. The normalized spacial score (nSPS) is 34.7. The lowest BCUT2D eigenvalue weighted by molar-refractivity contribution is 0.317. The molecule has 1 nitrogen and oxygen atoms in total. The summed E-state index contributed by atoms with van der Waals surface area (Å²) >= 11 is 0. The average molecular weight is 255 g/mol. The Morgan fingerprint density at radius 3 is 2.16 bits per heavy atom. The molecule has 0 spiro atoms. The maximum atomic E-state index is 3.96. The SMILES string of the molecule is CC1(CNC2C3CCC2Cc2ccccc2C3)CC1. The zero-order valence-corrected chi connectivity index (χ0v) is 12.0. The summed E-state index contributed by atoms with van der Waals surface area (Å²) in [5, 5.41) is 3.96. The van der Waals surface area contributed by atoms with Crippen molar-refractivity contribution in [1.29, 1.82) is 0 Å². The van der Waals surface area contributed by atoms with Crippen molar-refractivity contribution >= 4 is 0 Å². The van der Waals surface area contributed by atoms with Crippen LogP contribution in [0.3, 0.4) is 0 Å². The van der Waals surface area contributed by atoms with Crippen LogP contribution < -0.4 is 5.32 Å². The van der Waals surface area contributed by atoms with Gasteiger partial charge < -0.3 is 5.32 Å². The van der Waals surface area contributed by atoms with Crippen molar-refractivity contribution in [2.24, 2.45) is 17.3 Å². The number of benzene rings is 1. The van der Waals surface area contributed by atoms with Gasteiger partial charge >= 0.3 is 0 Å². The molecule has 2 atom stereocenters. The fourth-order valence-corrected chi connectivity index (χ4v) is 4.24. The molecule has 1 aromatic rings. The molecule has 0 aliphatic heterocycles. The van der Waals surface area contributed by atoms with Gasteiger partial charge in [-0.1, -0.05) is 31.2 Å². The standard InChI is InChI=1S/C18H25N/c1-18(8-9-18)12-19-17-15-6-7-16(17)11-14-5-3-2-4-13(14)10-15/h2-5,15-17,19H,6-12H2,1H3. The van der Waals surface area contributed by atoms with Gasteiger partial charge in [0.05, 0.1) is 0 Å². The van der Waals surface area contributed by atoms with Crippen molar-refractivity contribution in [2.45, 2.75) is 51.5 Å². The Kier molecular flexibility index (Phi) is 2.73. The first-order valence-corrected chi connectivity index (χ1v) is 8.04. The summed E-state index contributed by atoms with van der Waals surface area (Å²) in [4.78, 5) is 0. The maximum Gasteiger partial charge on any atom is 0.0130 e. The van der Waals surface area contributed by atoms with E-state index in [1.165, 1.54) is 45.1 Å². The van der Waals surface area contributed by atoms with E-state index < -0.39 is 0 Å². The summed E-state index contributed by atoms with van der Waals surface area (Å²) in [6.07, 6.45) is 8.35. The molecular weight excluding hydrogens is 230 g/mol. The van der Waals surface area contributed by atoms with Gasteiger partial charge in [-0.25, -0.2) is 0 Å². The fourth-order valence-electron chi connectivity index (χ4n) is 4.24. The first kappa shape index (κ1) is 12.0. The fraction of sp³-hybridized carbons (Fsp3) is 0.667.